The van der Waals surface area contributed by atoms with Crippen molar-refractivity contribution in [2.24, 2.45) is 28.8 Å². The molecule has 2 fully saturated rings. The molecule has 1 saturated carbocycles. The van der Waals surface area contributed by atoms with Crippen LogP contribution < -0.4 is 4.74 Å². The number of nitrogens with zero attached hydrogens (tertiary/aromatic N) is 3. The number of imide groups is 1. The number of ether oxygens (including phenoxy) is 1. The molecule has 128 valence electrons. The standard InChI is InChI=1S/C17H15N3O5/c1-25-13-5-2-9(6-12(13)20(23)24)8-18-19-16(21)14-10-3-4-11(7-10)15(14)17(19)22/h2-6,8,10-11,14-15H,7H2,1H3/b18-8-/t10-,11+,14-,15-/m0/s1. The van der Waals surface area contributed by atoms with Crippen LogP contribution in [0.15, 0.2) is 35.5 Å². The van der Waals surface area contributed by atoms with E-state index in [0.29, 0.717) is 5.56 Å². The zero-order valence-corrected chi connectivity index (χ0v) is 13.4. The van der Waals surface area contributed by atoms with Gasteiger partial charge < -0.3 is 4.74 Å². The SMILES string of the molecule is COc1ccc(/C=N\N2C(=O)[C@@H]3[C@@H](C2=O)[C@H]2C=C[C@@H]3C2)cc1[N+](=O)[O-]. The van der Waals surface area contributed by atoms with E-state index in [9.17, 15) is 19.7 Å². The molecule has 0 unspecified atom stereocenters. The van der Waals surface area contributed by atoms with E-state index in [2.05, 4.69) is 5.10 Å². The summed E-state index contributed by atoms with van der Waals surface area (Å²) in [6.07, 6.45) is 6.17. The highest BCUT2D eigenvalue weighted by Gasteiger charge is 2.59. The summed E-state index contributed by atoms with van der Waals surface area (Å²) >= 11 is 0. The minimum atomic E-state index is -0.559. The molecule has 2 aliphatic carbocycles. The first-order chi connectivity index (χ1) is 12.0. The second-order valence-electron chi connectivity index (χ2n) is 6.42. The van der Waals surface area contributed by atoms with Crippen LogP contribution in [0.1, 0.15) is 12.0 Å². The second kappa shape index (κ2) is 5.51. The number of hydrogen-bond acceptors (Lipinski definition) is 6. The van der Waals surface area contributed by atoms with Crippen LogP contribution in [-0.4, -0.2) is 35.1 Å². The van der Waals surface area contributed by atoms with E-state index >= 15 is 0 Å². The summed E-state index contributed by atoms with van der Waals surface area (Å²) in [5.74, 6) is -0.831. The van der Waals surface area contributed by atoms with Crippen molar-refractivity contribution in [3.05, 3.63) is 46.0 Å². The minimum Gasteiger partial charge on any atom is -0.490 e. The highest BCUT2D eigenvalue weighted by Crippen LogP contribution is 2.52. The van der Waals surface area contributed by atoms with E-state index < -0.39 is 4.92 Å². The third-order valence-electron chi connectivity index (χ3n) is 5.17. The van der Waals surface area contributed by atoms with Crippen LogP contribution in [0.2, 0.25) is 0 Å². The van der Waals surface area contributed by atoms with Gasteiger partial charge in [0.1, 0.15) is 0 Å². The molecular weight excluding hydrogens is 326 g/mol. The maximum absolute atomic E-state index is 12.5. The number of amides is 2. The number of nitro groups is 1. The van der Waals surface area contributed by atoms with E-state index in [1.54, 1.807) is 6.07 Å². The van der Waals surface area contributed by atoms with Crippen LogP contribution >= 0.6 is 0 Å². The van der Waals surface area contributed by atoms with E-state index in [4.69, 9.17) is 4.74 Å². The Morgan fingerprint density at radius 3 is 2.44 bits per heavy atom. The van der Waals surface area contributed by atoms with Gasteiger partial charge in [-0.25, -0.2) is 0 Å². The maximum Gasteiger partial charge on any atom is 0.311 e. The molecule has 0 N–H and O–H groups in total. The van der Waals surface area contributed by atoms with Gasteiger partial charge in [-0.05, 0) is 30.4 Å². The molecule has 1 heterocycles. The summed E-state index contributed by atoms with van der Waals surface area (Å²) in [4.78, 5) is 35.5. The highest BCUT2D eigenvalue weighted by molar-refractivity contribution is 6.06. The smallest absolute Gasteiger partial charge is 0.311 e. The molecule has 2 bridgehead atoms. The zero-order valence-electron chi connectivity index (χ0n) is 13.4. The Balaban J connectivity index is 1.59. The molecule has 1 aromatic rings. The lowest BCUT2D eigenvalue weighted by atomic mass is 9.85. The van der Waals surface area contributed by atoms with Crippen molar-refractivity contribution in [1.29, 1.82) is 0 Å². The quantitative estimate of drug-likeness (QED) is 0.273. The minimum absolute atomic E-state index is 0.119. The zero-order chi connectivity index (χ0) is 17.7. The van der Waals surface area contributed by atoms with Gasteiger partial charge in [-0.1, -0.05) is 12.2 Å². The Bertz CT molecular complexity index is 817. The number of methoxy groups -OCH3 is 1. The van der Waals surface area contributed by atoms with E-state index in [0.717, 1.165) is 11.4 Å². The lowest BCUT2D eigenvalue weighted by Gasteiger charge is -2.13. The fraction of sp³-hybridized carbons (Fsp3) is 0.353. The van der Waals surface area contributed by atoms with Crippen LogP contribution in [-0.2, 0) is 9.59 Å². The van der Waals surface area contributed by atoms with Crippen molar-refractivity contribution in [1.82, 2.24) is 5.01 Å². The summed E-state index contributed by atoms with van der Waals surface area (Å²) in [5.41, 5.74) is 0.205. The number of hydrogen-bond donors (Lipinski definition) is 0. The van der Waals surface area contributed by atoms with Crippen LogP contribution in [0, 0.1) is 33.8 Å². The van der Waals surface area contributed by atoms with E-state index in [1.807, 2.05) is 12.2 Å². The van der Waals surface area contributed by atoms with Crippen molar-refractivity contribution in [3.63, 3.8) is 0 Å². The predicted octanol–water partition coefficient (Wildman–Crippen LogP) is 1.74. The van der Waals surface area contributed by atoms with Gasteiger partial charge >= 0.3 is 5.69 Å². The molecule has 8 heteroatoms. The number of fused-ring (bicyclic) bond motifs is 5. The molecule has 8 nitrogen and oxygen atoms in total. The third kappa shape index (κ3) is 2.25. The van der Waals surface area contributed by atoms with Gasteiger partial charge in [0.15, 0.2) is 5.75 Å². The summed E-state index contributed by atoms with van der Waals surface area (Å²) in [7, 11) is 1.35. The van der Waals surface area contributed by atoms with Gasteiger partial charge in [0.05, 0.1) is 30.1 Å². The first kappa shape index (κ1) is 15.5. The number of carbonyl (C=O) groups is 2. The fourth-order valence-electron chi connectivity index (χ4n) is 4.05. The van der Waals surface area contributed by atoms with Gasteiger partial charge in [-0.3, -0.25) is 19.7 Å². The van der Waals surface area contributed by atoms with Gasteiger partial charge in [0, 0.05) is 11.6 Å². The number of rotatable bonds is 4. The molecular formula is C17H15N3O5. The van der Waals surface area contributed by atoms with Crippen molar-refractivity contribution in [2.75, 3.05) is 7.11 Å². The number of nitro benzene ring substituents is 1. The Labute approximate surface area is 142 Å². The number of carbonyl (C=O) groups excluding carboxylic acids is 2. The van der Waals surface area contributed by atoms with Gasteiger partial charge in [0.25, 0.3) is 11.8 Å². The van der Waals surface area contributed by atoms with Gasteiger partial charge in [-0.15, -0.1) is 0 Å². The molecule has 25 heavy (non-hydrogen) atoms. The van der Waals surface area contributed by atoms with Crippen LogP contribution in [0.3, 0.4) is 0 Å². The summed E-state index contributed by atoms with van der Waals surface area (Å²) in [5, 5.41) is 16.0. The summed E-state index contributed by atoms with van der Waals surface area (Å²) in [6, 6.07) is 4.32. The normalized spacial score (nSPS) is 29.7. The third-order valence-corrected chi connectivity index (χ3v) is 5.17. The lowest BCUT2D eigenvalue weighted by Crippen LogP contribution is -2.28. The van der Waals surface area contributed by atoms with E-state index in [1.165, 1.54) is 25.5 Å². The molecule has 4 rings (SSSR count). The average molecular weight is 341 g/mol. The molecule has 3 aliphatic rings. The monoisotopic (exact) mass is 341 g/mol. The highest BCUT2D eigenvalue weighted by atomic mass is 16.6. The summed E-state index contributed by atoms with van der Waals surface area (Å²) < 4.78 is 4.94. The Hall–Kier alpha value is -3.03. The molecule has 1 saturated heterocycles. The Morgan fingerprint density at radius 2 is 1.88 bits per heavy atom. The lowest BCUT2D eigenvalue weighted by molar-refractivity contribution is -0.385. The Morgan fingerprint density at radius 1 is 1.24 bits per heavy atom. The number of benzene rings is 1. The van der Waals surface area contributed by atoms with Gasteiger partial charge in [0.2, 0.25) is 0 Å². The van der Waals surface area contributed by atoms with Crippen LogP contribution in [0.4, 0.5) is 5.69 Å². The van der Waals surface area contributed by atoms with Crippen molar-refractivity contribution in [2.45, 2.75) is 6.42 Å². The Kier molecular flexibility index (Phi) is 3.41. The topological polar surface area (TPSA) is 102 Å². The molecule has 0 spiro atoms. The van der Waals surface area contributed by atoms with Crippen molar-refractivity contribution < 1.29 is 19.2 Å². The molecule has 1 aromatic carbocycles. The van der Waals surface area contributed by atoms with Crippen LogP contribution in [0.5, 0.6) is 5.75 Å². The molecule has 0 aromatic heterocycles. The van der Waals surface area contributed by atoms with E-state index in [-0.39, 0.29) is 46.9 Å². The van der Waals surface area contributed by atoms with Crippen molar-refractivity contribution >= 4 is 23.7 Å². The van der Waals surface area contributed by atoms with Crippen molar-refractivity contribution in [3.8, 4) is 5.75 Å². The largest absolute Gasteiger partial charge is 0.490 e. The molecule has 2 amide bonds. The first-order valence-corrected chi connectivity index (χ1v) is 7.94. The first-order valence-electron chi connectivity index (χ1n) is 7.94. The molecule has 4 atom stereocenters. The molecule has 1 aliphatic heterocycles. The summed E-state index contributed by atoms with van der Waals surface area (Å²) in [6.45, 7) is 0. The maximum atomic E-state index is 12.5. The fourth-order valence-corrected chi connectivity index (χ4v) is 4.05. The molecule has 0 radical (unpaired) electrons. The number of hydrazone groups is 1. The number of allylic oxidation sites excluding steroid dienone is 2. The van der Waals surface area contributed by atoms with Gasteiger partial charge in [-0.2, -0.15) is 10.1 Å². The predicted molar refractivity (Wildman–Crippen MR) is 86.8 cm³/mol. The average Bonchev–Trinajstić information content (AvgIpc) is 3.28. The van der Waals surface area contributed by atoms with Crippen LogP contribution in [0.25, 0.3) is 0 Å². The second-order valence-corrected chi connectivity index (χ2v) is 6.42.